The number of hydrogen-bond donors (Lipinski definition) is 1. The number of aromatic nitrogens is 2. The van der Waals surface area contributed by atoms with Crippen molar-refractivity contribution in [3.8, 4) is 11.3 Å². The van der Waals surface area contributed by atoms with Gasteiger partial charge in [0, 0.05) is 36.2 Å². The van der Waals surface area contributed by atoms with E-state index in [4.69, 9.17) is 17.0 Å². The van der Waals surface area contributed by atoms with Crippen LogP contribution in [0, 0.1) is 4.77 Å². The van der Waals surface area contributed by atoms with Crippen LogP contribution in [-0.2, 0) is 23.1 Å². The topological polar surface area (TPSA) is 67.3 Å². The summed E-state index contributed by atoms with van der Waals surface area (Å²) < 4.78 is 7.54. The maximum absolute atomic E-state index is 13.6. The lowest BCUT2D eigenvalue weighted by Gasteiger charge is -2.45. The number of aromatic amines is 1. The number of fused-ring (bicyclic) bond motifs is 4. The number of benzene rings is 1. The van der Waals surface area contributed by atoms with Gasteiger partial charge in [-0.2, -0.15) is 0 Å². The molecule has 2 aromatic rings. The van der Waals surface area contributed by atoms with Gasteiger partial charge in [-0.25, -0.2) is 4.79 Å². The number of amides is 1. The van der Waals surface area contributed by atoms with Crippen LogP contribution >= 0.6 is 12.2 Å². The zero-order chi connectivity index (χ0) is 22.4. The van der Waals surface area contributed by atoms with Crippen molar-refractivity contribution in [1.29, 1.82) is 0 Å². The quantitative estimate of drug-likeness (QED) is 0.549. The van der Waals surface area contributed by atoms with E-state index in [0.29, 0.717) is 37.2 Å². The number of carbonyl (C=O) groups excluding carboxylic acids is 1. The Morgan fingerprint density at radius 2 is 1.97 bits per heavy atom. The predicted octanol–water partition coefficient (Wildman–Crippen LogP) is 4.58. The maximum atomic E-state index is 13.6. The molecular weight excluding hydrogens is 410 g/mol. The fraction of sp³-hybridized carbons (Fsp3) is 0.458. The number of allylic oxidation sites excluding steroid dienone is 1. The van der Waals surface area contributed by atoms with Crippen LogP contribution in [0.15, 0.2) is 41.7 Å². The van der Waals surface area contributed by atoms with Crippen molar-refractivity contribution in [3.63, 3.8) is 0 Å². The Morgan fingerprint density at radius 3 is 2.61 bits per heavy atom. The molecule has 1 saturated heterocycles. The summed E-state index contributed by atoms with van der Waals surface area (Å²) in [5.41, 5.74) is 2.91. The summed E-state index contributed by atoms with van der Waals surface area (Å²) >= 11 is 5.50. The SMILES string of the molecule is C=CCn1c(=S)[nH]c2c(c1=O)C1(CCN(C(=O)OC(C)(C)C)CC1)Cc1ccccc1-2. The second-order valence-corrected chi connectivity index (χ2v) is 9.85. The number of nitrogens with one attached hydrogen (secondary N) is 1. The second-order valence-electron chi connectivity index (χ2n) is 9.47. The molecule has 1 aliphatic heterocycles. The molecule has 6 nitrogen and oxygen atoms in total. The molecule has 4 rings (SSSR count). The lowest BCUT2D eigenvalue weighted by Crippen LogP contribution is -2.51. The lowest BCUT2D eigenvalue weighted by atomic mass is 9.64. The Hall–Kier alpha value is -2.67. The highest BCUT2D eigenvalue weighted by atomic mass is 32.1. The number of nitrogens with zero attached hydrogens (tertiary/aromatic N) is 2. The van der Waals surface area contributed by atoms with E-state index in [2.05, 4.69) is 17.6 Å². The highest BCUT2D eigenvalue weighted by Gasteiger charge is 2.45. The van der Waals surface area contributed by atoms with Crippen molar-refractivity contribution in [3.05, 3.63) is 63.2 Å². The molecule has 1 aromatic carbocycles. The zero-order valence-corrected chi connectivity index (χ0v) is 19.2. The number of likely N-dealkylation sites (tertiary alicyclic amines) is 1. The summed E-state index contributed by atoms with van der Waals surface area (Å²) in [6.45, 7) is 10.8. The van der Waals surface area contributed by atoms with E-state index in [9.17, 15) is 9.59 Å². The Bertz CT molecular complexity index is 1150. The van der Waals surface area contributed by atoms with Gasteiger partial charge in [-0.15, -0.1) is 6.58 Å². The van der Waals surface area contributed by atoms with Crippen LogP contribution < -0.4 is 5.56 Å². The van der Waals surface area contributed by atoms with Crippen molar-refractivity contribution < 1.29 is 9.53 Å². The van der Waals surface area contributed by atoms with Gasteiger partial charge in [-0.1, -0.05) is 30.3 Å². The van der Waals surface area contributed by atoms with E-state index in [1.54, 1.807) is 15.5 Å². The van der Waals surface area contributed by atoms with Crippen LogP contribution in [0.5, 0.6) is 0 Å². The van der Waals surface area contributed by atoms with Crippen LogP contribution in [0.3, 0.4) is 0 Å². The van der Waals surface area contributed by atoms with Crippen LogP contribution in [0.4, 0.5) is 4.79 Å². The van der Waals surface area contributed by atoms with Crippen molar-refractivity contribution in [1.82, 2.24) is 14.5 Å². The third-order valence-corrected chi connectivity index (χ3v) is 6.54. The molecule has 1 aliphatic carbocycles. The molecule has 164 valence electrons. The van der Waals surface area contributed by atoms with E-state index in [1.165, 1.54) is 5.56 Å². The molecule has 2 heterocycles. The van der Waals surface area contributed by atoms with Crippen molar-refractivity contribution in [2.45, 2.75) is 57.6 Å². The van der Waals surface area contributed by atoms with Gasteiger partial charge in [0.05, 0.1) is 5.69 Å². The summed E-state index contributed by atoms with van der Waals surface area (Å²) in [5, 5.41) is 0. The first-order valence-corrected chi connectivity index (χ1v) is 11.1. The number of H-pyrrole nitrogens is 1. The number of ether oxygens (including phenoxy) is 1. The molecule has 0 radical (unpaired) electrons. The molecule has 1 amide bonds. The fourth-order valence-corrected chi connectivity index (χ4v) is 5.06. The van der Waals surface area contributed by atoms with Crippen molar-refractivity contribution in [2.75, 3.05) is 13.1 Å². The first kappa shape index (κ1) is 21.6. The number of carbonyl (C=O) groups is 1. The van der Waals surface area contributed by atoms with E-state index in [-0.39, 0.29) is 17.1 Å². The predicted molar refractivity (Wildman–Crippen MR) is 124 cm³/mol. The Morgan fingerprint density at radius 1 is 1.29 bits per heavy atom. The summed E-state index contributed by atoms with van der Waals surface area (Å²) in [6.07, 6.45) is 3.55. The number of rotatable bonds is 2. The zero-order valence-electron chi connectivity index (χ0n) is 18.4. The molecule has 0 atom stereocenters. The average Bonchev–Trinajstić information content (AvgIpc) is 2.70. The molecule has 0 bridgehead atoms. The third kappa shape index (κ3) is 3.87. The minimum Gasteiger partial charge on any atom is -0.444 e. The van der Waals surface area contributed by atoms with Crippen molar-refractivity contribution >= 4 is 18.3 Å². The van der Waals surface area contributed by atoms with Gasteiger partial charge in [-0.05, 0) is 57.8 Å². The third-order valence-electron chi connectivity index (χ3n) is 6.22. The van der Waals surface area contributed by atoms with Gasteiger partial charge >= 0.3 is 6.09 Å². The van der Waals surface area contributed by atoms with Crippen molar-refractivity contribution in [2.24, 2.45) is 0 Å². The Kier molecular flexibility index (Phi) is 5.41. The van der Waals surface area contributed by atoms with E-state index in [0.717, 1.165) is 23.2 Å². The fourth-order valence-electron chi connectivity index (χ4n) is 4.80. The van der Waals surface area contributed by atoms with Gasteiger partial charge in [0.1, 0.15) is 5.60 Å². The van der Waals surface area contributed by atoms with Gasteiger partial charge in [0.25, 0.3) is 5.56 Å². The van der Waals surface area contributed by atoms with Gasteiger partial charge in [0.2, 0.25) is 0 Å². The Labute approximate surface area is 187 Å². The lowest BCUT2D eigenvalue weighted by molar-refractivity contribution is 0.0162. The first-order valence-electron chi connectivity index (χ1n) is 10.7. The number of hydrogen-bond acceptors (Lipinski definition) is 4. The molecule has 1 fully saturated rings. The van der Waals surface area contributed by atoms with Gasteiger partial charge < -0.3 is 14.6 Å². The minimum atomic E-state index is -0.532. The first-order chi connectivity index (χ1) is 14.6. The number of piperidine rings is 1. The normalized spacial score (nSPS) is 17.1. The van der Waals surface area contributed by atoms with E-state index >= 15 is 0 Å². The summed E-state index contributed by atoms with van der Waals surface area (Å²) in [7, 11) is 0. The molecule has 2 aliphatic rings. The molecule has 1 N–H and O–H groups in total. The van der Waals surface area contributed by atoms with E-state index in [1.807, 2.05) is 39.0 Å². The van der Waals surface area contributed by atoms with Crippen LogP contribution in [0.25, 0.3) is 11.3 Å². The maximum Gasteiger partial charge on any atom is 0.410 e. The molecule has 7 heteroatoms. The van der Waals surface area contributed by atoms with Crippen LogP contribution in [0.1, 0.15) is 44.7 Å². The summed E-state index contributed by atoms with van der Waals surface area (Å²) in [5.74, 6) is 0. The van der Waals surface area contributed by atoms with Crippen LogP contribution in [0.2, 0.25) is 0 Å². The van der Waals surface area contributed by atoms with Gasteiger partial charge in [-0.3, -0.25) is 9.36 Å². The standard InChI is InChI=1S/C24H29N3O3S/c1-5-12-27-20(28)18-19(25-21(27)31)17-9-7-6-8-16(17)15-24(18)10-13-26(14-11-24)22(29)30-23(2,3)4/h5-9H,1,10-15H2,2-4H3,(H,25,31). The smallest absolute Gasteiger partial charge is 0.410 e. The molecule has 1 spiro atoms. The van der Waals surface area contributed by atoms with Gasteiger partial charge in [0.15, 0.2) is 4.77 Å². The molecule has 1 aromatic heterocycles. The Balaban J connectivity index is 1.77. The highest BCUT2D eigenvalue weighted by Crippen LogP contribution is 2.46. The highest BCUT2D eigenvalue weighted by molar-refractivity contribution is 7.71. The monoisotopic (exact) mass is 439 g/mol. The summed E-state index contributed by atoms with van der Waals surface area (Å²) in [4.78, 5) is 31.3. The molecule has 0 saturated carbocycles. The summed E-state index contributed by atoms with van der Waals surface area (Å²) in [6, 6.07) is 8.17. The molecular formula is C24H29N3O3S. The molecule has 0 unspecified atom stereocenters. The largest absolute Gasteiger partial charge is 0.444 e. The average molecular weight is 440 g/mol. The minimum absolute atomic E-state index is 0.0566. The second kappa shape index (κ2) is 7.79. The van der Waals surface area contributed by atoms with Crippen LogP contribution in [-0.4, -0.2) is 39.2 Å². The molecule has 31 heavy (non-hydrogen) atoms. The van der Waals surface area contributed by atoms with E-state index < -0.39 is 5.60 Å².